The van der Waals surface area contributed by atoms with Crippen LogP contribution < -0.4 is 56.5 Å². The van der Waals surface area contributed by atoms with Crippen molar-refractivity contribution in [1.29, 1.82) is 0 Å². The van der Waals surface area contributed by atoms with Crippen LogP contribution in [-0.2, 0) is 11.3 Å². The van der Waals surface area contributed by atoms with E-state index in [1.54, 1.807) is 24.3 Å². The minimum absolute atomic E-state index is 0. The van der Waals surface area contributed by atoms with Gasteiger partial charge in [0.1, 0.15) is 5.69 Å². The second-order valence-electron chi connectivity index (χ2n) is 6.09. The smallest absolute Gasteiger partial charge is 0.548 e. The van der Waals surface area contributed by atoms with Gasteiger partial charge in [0, 0.05) is 16.5 Å². The van der Waals surface area contributed by atoms with Gasteiger partial charge in [-0.1, -0.05) is 29.5 Å². The van der Waals surface area contributed by atoms with E-state index < -0.39 is 23.8 Å². The average Bonchev–Trinajstić information content (AvgIpc) is 3.11. The molecule has 1 aromatic heterocycles. The number of imide groups is 1. The first-order valence-electron chi connectivity index (χ1n) is 7.97. The fourth-order valence-electron chi connectivity index (χ4n) is 3.07. The number of aliphatic carboxylic acids is 1. The predicted molar refractivity (Wildman–Crippen MR) is 87.9 cm³/mol. The van der Waals surface area contributed by atoms with Gasteiger partial charge in [-0.3, -0.25) is 14.5 Å². The van der Waals surface area contributed by atoms with Crippen LogP contribution in [0.3, 0.4) is 0 Å². The molecule has 1 aliphatic rings. The van der Waals surface area contributed by atoms with Gasteiger partial charge in [0.25, 0.3) is 11.8 Å². The Hall–Kier alpha value is -1.91. The number of benzene rings is 2. The topological polar surface area (TPSA) is 108 Å². The number of carboxylic acids is 1. The van der Waals surface area contributed by atoms with Crippen LogP contribution in [-0.4, -0.2) is 37.7 Å². The molecule has 0 saturated heterocycles. The third kappa shape index (κ3) is 3.37. The predicted octanol–water partition coefficient (Wildman–Crippen LogP) is -2.46. The van der Waals surface area contributed by atoms with Gasteiger partial charge in [-0.25, -0.2) is 4.68 Å². The zero-order chi connectivity index (χ0) is 18.4. The maximum absolute atomic E-state index is 12.8. The zero-order valence-corrected chi connectivity index (χ0v) is 17.9. The summed E-state index contributed by atoms with van der Waals surface area (Å²) in [4.78, 5) is 37.6. The van der Waals surface area contributed by atoms with Gasteiger partial charge in [0.05, 0.1) is 24.8 Å². The minimum atomic E-state index is -1.30. The van der Waals surface area contributed by atoms with E-state index >= 15 is 0 Å². The van der Waals surface area contributed by atoms with Crippen molar-refractivity contribution in [3.63, 3.8) is 0 Å². The van der Waals surface area contributed by atoms with E-state index in [2.05, 4.69) is 10.3 Å². The molecule has 4 rings (SSSR count). The maximum atomic E-state index is 12.8. The number of carbonyl (C=O) groups excluding carboxylic acids is 3. The van der Waals surface area contributed by atoms with Gasteiger partial charge in [0.2, 0.25) is 0 Å². The molecule has 0 fully saturated rings. The van der Waals surface area contributed by atoms with Crippen molar-refractivity contribution >= 4 is 28.6 Å². The van der Waals surface area contributed by atoms with Crippen LogP contribution in [0.4, 0.5) is 0 Å². The van der Waals surface area contributed by atoms with E-state index in [0.29, 0.717) is 22.2 Å². The summed E-state index contributed by atoms with van der Waals surface area (Å²) in [5.74, 6) is -2.13. The molecule has 0 bridgehead atoms. The molecule has 0 spiro atoms. The molecule has 0 saturated carbocycles. The van der Waals surface area contributed by atoms with Crippen molar-refractivity contribution in [2.45, 2.75) is 19.5 Å². The summed E-state index contributed by atoms with van der Waals surface area (Å²) < 4.78 is 1.12. The van der Waals surface area contributed by atoms with E-state index in [9.17, 15) is 19.5 Å². The third-order valence-electron chi connectivity index (χ3n) is 4.47. The summed E-state index contributed by atoms with van der Waals surface area (Å²) in [6.45, 7) is 1.31. The fraction of sp³-hybridized carbons (Fsp3) is 0.167. The summed E-state index contributed by atoms with van der Waals surface area (Å²) in [5, 5.41) is 20.0. The van der Waals surface area contributed by atoms with Crippen molar-refractivity contribution in [3.05, 3.63) is 59.4 Å². The van der Waals surface area contributed by atoms with Crippen molar-refractivity contribution in [2.24, 2.45) is 0 Å². The van der Waals surface area contributed by atoms with Crippen molar-refractivity contribution in [2.75, 3.05) is 0 Å². The molecule has 0 unspecified atom stereocenters. The summed E-state index contributed by atoms with van der Waals surface area (Å²) in [6, 6.07) is 9.61. The van der Waals surface area contributed by atoms with E-state index in [1.807, 2.05) is 12.1 Å². The second-order valence-corrected chi connectivity index (χ2v) is 6.09. The van der Waals surface area contributed by atoms with Gasteiger partial charge >= 0.3 is 51.4 Å². The zero-order valence-electron chi connectivity index (χ0n) is 14.7. The average molecular weight is 388 g/mol. The first-order chi connectivity index (χ1) is 12.5. The van der Waals surface area contributed by atoms with Gasteiger partial charge in [0.15, 0.2) is 0 Å². The fourth-order valence-corrected chi connectivity index (χ4v) is 3.07. The summed E-state index contributed by atoms with van der Waals surface area (Å²) in [7, 11) is 0. The minimum Gasteiger partial charge on any atom is -0.548 e. The van der Waals surface area contributed by atoms with Gasteiger partial charge in [-0.15, -0.1) is 5.10 Å². The number of hydrogen-bond acceptors (Lipinski definition) is 6. The molecule has 0 aliphatic carbocycles. The van der Waals surface area contributed by atoms with E-state index in [1.165, 1.54) is 13.1 Å². The van der Waals surface area contributed by atoms with Crippen molar-refractivity contribution in [3.8, 4) is 0 Å². The van der Waals surface area contributed by atoms with Crippen LogP contribution in [0.1, 0.15) is 39.4 Å². The Morgan fingerprint density at radius 2 is 1.70 bits per heavy atom. The standard InChI is InChI=1S/C18H14N4O4.K/c1-10(18(25)26)22-9-12(19-20-22)8-21-16(23)13-6-2-4-11-5-3-7-14(15(11)13)17(21)24;/h2-7,9-10H,8H2,1H3,(H,25,26);/q;+1/p-1/t10-;/m0./s1. The molecular formula is C18H13KN4O4. The molecule has 8 nitrogen and oxygen atoms in total. The number of hydrogen-bond donors (Lipinski definition) is 0. The third-order valence-corrected chi connectivity index (χ3v) is 4.47. The Morgan fingerprint density at radius 1 is 1.11 bits per heavy atom. The molecular weight excluding hydrogens is 375 g/mol. The van der Waals surface area contributed by atoms with Crippen LogP contribution in [0.5, 0.6) is 0 Å². The quantitative estimate of drug-likeness (QED) is 0.362. The number of carbonyl (C=O) groups is 3. The number of amides is 2. The normalized spacial score (nSPS) is 14.2. The molecule has 9 heteroatoms. The summed E-state index contributed by atoms with van der Waals surface area (Å²) in [6.07, 6.45) is 1.39. The van der Waals surface area contributed by atoms with Crippen LogP contribution >= 0.6 is 0 Å². The molecule has 2 heterocycles. The number of aromatic nitrogens is 3. The molecule has 2 amide bonds. The molecule has 3 aromatic rings. The maximum Gasteiger partial charge on any atom is 1.00 e. The molecule has 0 radical (unpaired) electrons. The van der Waals surface area contributed by atoms with Crippen molar-refractivity contribution in [1.82, 2.24) is 19.9 Å². The summed E-state index contributed by atoms with van der Waals surface area (Å²) in [5.41, 5.74) is 1.22. The van der Waals surface area contributed by atoms with Crippen LogP contribution in [0, 0.1) is 0 Å². The molecule has 0 N–H and O–H groups in total. The SMILES string of the molecule is C[C@@H](C(=O)[O-])n1cc(CN2C(=O)c3cccc4cccc(c34)C2=O)nn1.[K+]. The van der Waals surface area contributed by atoms with Crippen LogP contribution in [0.2, 0.25) is 0 Å². The summed E-state index contributed by atoms with van der Waals surface area (Å²) >= 11 is 0. The molecule has 1 atom stereocenters. The number of nitrogens with zero attached hydrogens (tertiary/aromatic N) is 4. The first kappa shape index (κ1) is 19.8. The van der Waals surface area contributed by atoms with E-state index in [4.69, 9.17) is 0 Å². The number of carboxylic acid groups (broad SMARTS) is 1. The van der Waals surface area contributed by atoms with Gasteiger partial charge in [-0.2, -0.15) is 0 Å². The molecule has 130 valence electrons. The van der Waals surface area contributed by atoms with Crippen LogP contribution in [0.25, 0.3) is 10.8 Å². The van der Waals surface area contributed by atoms with Crippen LogP contribution in [0.15, 0.2) is 42.6 Å². The monoisotopic (exact) mass is 388 g/mol. The second kappa shape index (κ2) is 7.60. The Labute approximate surface area is 196 Å². The van der Waals surface area contributed by atoms with E-state index in [-0.39, 0.29) is 57.9 Å². The molecule has 27 heavy (non-hydrogen) atoms. The van der Waals surface area contributed by atoms with Gasteiger partial charge < -0.3 is 9.90 Å². The Kier molecular flexibility index (Phi) is 5.59. The molecule has 1 aliphatic heterocycles. The van der Waals surface area contributed by atoms with Gasteiger partial charge in [-0.05, 0) is 24.4 Å². The number of rotatable bonds is 4. The van der Waals surface area contributed by atoms with Crippen molar-refractivity contribution < 1.29 is 70.9 Å². The first-order valence-corrected chi connectivity index (χ1v) is 7.97. The largest absolute Gasteiger partial charge is 1.00 e. The Balaban J connectivity index is 0.00000210. The Morgan fingerprint density at radius 3 is 2.26 bits per heavy atom. The Bertz CT molecular complexity index is 1030. The molecule has 2 aromatic carbocycles. The van der Waals surface area contributed by atoms with E-state index in [0.717, 1.165) is 15.0 Å².